The van der Waals surface area contributed by atoms with Gasteiger partial charge in [-0.2, -0.15) is 18.2 Å². The number of fused-ring (bicyclic) bond motifs is 10. The van der Waals surface area contributed by atoms with Crippen molar-refractivity contribution in [1.29, 1.82) is 0 Å². The molecule has 0 radical (unpaired) electrons. The van der Waals surface area contributed by atoms with Crippen LogP contribution in [-0.4, -0.2) is 30.3 Å². The molecule has 0 fully saturated rings. The van der Waals surface area contributed by atoms with Crippen molar-refractivity contribution in [2.45, 2.75) is 52.4 Å². The Morgan fingerprint density at radius 2 is 0.877 bits per heavy atom. The van der Waals surface area contributed by atoms with E-state index >= 15 is 0 Å². The van der Waals surface area contributed by atoms with Gasteiger partial charge in [-0.1, -0.05) is 344 Å². The minimum Gasteiger partial charge on any atom is -0.510 e. The molecule has 8 heteroatoms. The minimum atomic E-state index is -3.23. The van der Waals surface area contributed by atoms with Gasteiger partial charge >= 0.3 is 0 Å². The van der Waals surface area contributed by atoms with Crippen LogP contribution in [-0.2, 0) is 31.9 Å². The summed E-state index contributed by atoms with van der Waals surface area (Å²) in [6, 6.07) is 119. The van der Waals surface area contributed by atoms with Gasteiger partial charge in [-0.3, -0.25) is 4.57 Å². The van der Waals surface area contributed by atoms with Crippen LogP contribution in [0.25, 0.3) is 94.5 Å². The van der Waals surface area contributed by atoms with E-state index in [-0.39, 0.29) is 44.1 Å². The Labute approximate surface area is 644 Å². The third kappa shape index (κ3) is 11.4. The van der Waals surface area contributed by atoms with Crippen LogP contribution in [0.4, 0.5) is 0 Å². The molecule has 0 saturated heterocycles. The van der Waals surface area contributed by atoms with E-state index in [2.05, 4.69) is 354 Å². The summed E-state index contributed by atoms with van der Waals surface area (Å²) >= 11 is 0. The van der Waals surface area contributed by atoms with Gasteiger partial charge in [0.05, 0.1) is 23.6 Å². The standard InChI is InChI=1S/C98H76N4OSi2.Pt/c1-97(2,3)69-58-59-99-94(62-69)102-91-57-54-81(105(77-42-22-11-23-43-77,78-44-24-12-25-45-78)79-46-26-13-27-47-79)66-89(91)85-55-52-73(64-93(85)102)103-72-35-30-34-71(63-72)100-67-101-95-87(68-32-14-7-15-33-68)60-70(98(4,5)6)61-90(95)88-65-80(53-56-84(88)82-48-28-29-49-83(82)86-50-31-51-92(100)96(86)101)104(74-36-16-8-17-37-74,75-38-18-9-19-39-75)76-40-20-10-21-41-76;/h7-62,65-66H,1-6H3;/q-2;/i7D,14D,15D,32D,33D;. The van der Waals surface area contributed by atoms with E-state index in [0.29, 0.717) is 28.4 Å². The fraction of sp³-hybridized carbons (Fsp3) is 0.0816. The van der Waals surface area contributed by atoms with Crippen molar-refractivity contribution in [2.24, 2.45) is 0 Å². The molecule has 0 unspecified atom stereocenters. The number of aromatic nitrogens is 4. The summed E-state index contributed by atoms with van der Waals surface area (Å²) < 4.78 is 60.9. The van der Waals surface area contributed by atoms with Gasteiger partial charge in [0.25, 0.3) is 6.33 Å². The summed E-state index contributed by atoms with van der Waals surface area (Å²) in [6.45, 7) is 13.2. The van der Waals surface area contributed by atoms with Crippen molar-refractivity contribution in [2.75, 3.05) is 0 Å². The zero-order valence-corrected chi connectivity index (χ0v) is 63.9. The molecule has 0 N–H and O–H groups in total. The van der Waals surface area contributed by atoms with E-state index < -0.39 is 39.7 Å². The van der Waals surface area contributed by atoms with Gasteiger partial charge in [0.2, 0.25) is 0 Å². The summed E-state index contributed by atoms with van der Waals surface area (Å²) in [5, 5.41) is 11.9. The number of hydrogen-bond donors (Lipinski definition) is 0. The summed E-state index contributed by atoms with van der Waals surface area (Å²) in [6.07, 6.45) is 5.84. The molecular weight excluding hydrogens is 1500 g/mol. The topological polar surface area (TPSA) is 35.9 Å². The van der Waals surface area contributed by atoms with Crippen LogP contribution in [0, 0.1) is 18.5 Å². The van der Waals surface area contributed by atoms with Crippen LogP contribution < -0.4 is 50.8 Å². The maximum absolute atomic E-state index is 9.92. The second kappa shape index (κ2) is 27.2. The zero-order valence-electron chi connectivity index (χ0n) is 64.6. The van der Waals surface area contributed by atoms with E-state index in [1.807, 2.05) is 41.1 Å². The van der Waals surface area contributed by atoms with Gasteiger partial charge in [-0.25, -0.2) is 4.98 Å². The number of para-hydroxylation sites is 1. The maximum Gasteiger partial charge on any atom is 0.268 e. The molecule has 5 nitrogen and oxygen atoms in total. The molecule has 0 saturated carbocycles. The molecule has 18 rings (SSSR count). The van der Waals surface area contributed by atoms with Gasteiger partial charge in [0.15, 0.2) is 16.1 Å². The SMILES string of the molecule is [2H]c1c([2H])c([2H])c(-c2cc(C(C)(C)C)cc3c2-[n+]2[c-]n(-c4[c-]c(Oc5[c-]c6c(cc5)c5cc([Si](c7ccccc7)(c7ccccc7)c7ccccc7)ccc5n6-c5cc(C(C)(C)C)ccn5)ccc4)c4cccc(c42)-c2ccccc2-c2ccc([Si](c4ccccc4)(c4ccccc4)c4ccccc4)cc2-3)c([2H])c1[2H].[Pt]. The van der Waals surface area contributed by atoms with Crippen LogP contribution in [0.15, 0.2) is 352 Å². The molecule has 17 aromatic rings. The molecule has 1 aliphatic rings. The van der Waals surface area contributed by atoms with Gasteiger partial charge < -0.3 is 13.9 Å². The minimum absolute atomic E-state index is 0. The van der Waals surface area contributed by atoms with Gasteiger partial charge in [0.1, 0.15) is 5.82 Å². The van der Waals surface area contributed by atoms with E-state index in [4.69, 9.17) is 11.1 Å². The van der Waals surface area contributed by atoms with Crippen LogP contribution in [0.5, 0.6) is 11.5 Å². The van der Waals surface area contributed by atoms with Crippen molar-refractivity contribution in [3.8, 4) is 73.2 Å². The van der Waals surface area contributed by atoms with Crippen LogP contribution in [0.1, 0.15) is 59.5 Å². The number of benzene rings is 14. The largest absolute Gasteiger partial charge is 0.510 e. The number of imidazole rings is 1. The Hall–Kier alpha value is -11.6. The average molecular weight is 1580 g/mol. The van der Waals surface area contributed by atoms with Crippen LogP contribution in [0.2, 0.25) is 0 Å². The summed E-state index contributed by atoms with van der Waals surface area (Å²) in [5.74, 6) is 1.68. The number of hydrogen-bond acceptors (Lipinski definition) is 2. The Bertz CT molecular complexity index is 6240. The van der Waals surface area contributed by atoms with E-state index in [0.717, 1.165) is 88.4 Å². The first-order chi connectivity index (χ1) is 53.4. The van der Waals surface area contributed by atoms with Gasteiger partial charge in [0, 0.05) is 44.3 Å². The van der Waals surface area contributed by atoms with E-state index in [1.165, 1.54) is 36.3 Å². The molecule has 1 aliphatic heterocycles. The van der Waals surface area contributed by atoms with Gasteiger partial charge in [-0.15, -0.1) is 29.7 Å². The fourth-order valence-corrected chi connectivity index (χ4v) is 25.9. The maximum atomic E-state index is 9.92. The Balaban J connectivity index is 0.00000896. The Morgan fingerprint density at radius 3 is 1.44 bits per heavy atom. The average Bonchev–Trinajstić information content (AvgIpc) is 1.64. The number of nitrogens with zero attached hydrogens (tertiary/aromatic N) is 4. The van der Waals surface area contributed by atoms with Crippen molar-refractivity contribution in [3.63, 3.8) is 0 Å². The molecule has 0 spiro atoms. The fourth-order valence-electron chi connectivity index (χ4n) is 16.3. The van der Waals surface area contributed by atoms with Crippen LogP contribution in [0.3, 0.4) is 0 Å². The molecule has 0 aliphatic carbocycles. The first-order valence-electron chi connectivity index (χ1n) is 38.4. The Kier molecular flexibility index (Phi) is 15.8. The molecule has 3 aromatic heterocycles. The molecule has 14 aromatic carbocycles. The molecular formula is C98H76N4OPtSi2-2. The number of rotatable bonds is 13. The zero-order chi connectivity index (χ0) is 75.4. The second-order valence-corrected chi connectivity index (χ2v) is 37.0. The number of pyridine rings is 1. The third-order valence-electron chi connectivity index (χ3n) is 21.3. The third-order valence-corrected chi connectivity index (χ3v) is 30.8. The Morgan fingerprint density at radius 1 is 0.387 bits per heavy atom. The van der Waals surface area contributed by atoms with Crippen molar-refractivity contribution < 1.29 is 37.2 Å². The van der Waals surface area contributed by atoms with E-state index in [9.17, 15) is 5.48 Å². The normalized spacial score (nSPS) is 12.8. The summed E-state index contributed by atoms with van der Waals surface area (Å²) in [4.78, 5) is 5.13. The molecule has 514 valence electrons. The molecule has 0 atom stereocenters. The molecule has 106 heavy (non-hydrogen) atoms. The van der Waals surface area contributed by atoms with Crippen molar-refractivity contribution in [3.05, 3.63) is 381 Å². The first-order valence-corrected chi connectivity index (χ1v) is 39.9. The van der Waals surface area contributed by atoms with E-state index in [1.54, 1.807) is 0 Å². The molecule has 0 amide bonds. The van der Waals surface area contributed by atoms with Gasteiger partial charge in [-0.05, 0) is 137 Å². The van der Waals surface area contributed by atoms with Crippen LogP contribution >= 0.6 is 0 Å². The predicted octanol–water partition coefficient (Wildman–Crippen LogP) is 17.9. The van der Waals surface area contributed by atoms with Crippen molar-refractivity contribution >= 4 is 90.5 Å². The predicted molar refractivity (Wildman–Crippen MR) is 440 cm³/mol. The second-order valence-electron chi connectivity index (χ2n) is 29.4. The quantitative estimate of drug-likeness (QED) is 0.0499. The summed E-state index contributed by atoms with van der Waals surface area (Å²) in [7, 11) is -6.19. The summed E-state index contributed by atoms with van der Waals surface area (Å²) in [5.41, 5.74) is 12.1. The monoisotopic (exact) mass is 1580 g/mol. The smallest absolute Gasteiger partial charge is 0.268 e. The first kappa shape index (κ1) is 61.9. The van der Waals surface area contributed by atoms with Crippen molar-refractivity contribution in [1.82, 2.24) is 14.1 Å². The number of ether oxygens (including phenoxy) is 1. The molecule has 4 heterocycles. The molecule has 0 bridgehead atoms.